The first-order valence-electron chi connectivity index (χ1n) is 10.3. The first-order valence-corrected chi connectivity index (χ1v) is 10.3. The molecule has 4 aliphatic carbocycles. The van der Waals surface area contributed by atoms with Gasteiger partial charge in [0.1, 0.15) is 17.8 Å². The number of aryl methyl sites for hydroxylation is 1. The SMILES string of the molecule is COc1ccc(C)cc1Nc1ncnc(NC23CC4CC(CC(C4)C2)C3)c1N. The number of nitrogens with zero attached hydrogens (tertiary/aromatic N) is 2. The third-order valence-corrected chi connectivity index (χ3v) is 6.91. The quantitative estimate of drug-likeness (QED) is 0.709. The minimum Gasteiger partial charge on any atom is -0.495 e. The van der Waals surface area contributed by atoms with Crippen molar-refractivity contribution in [2.45, 2.75) is 51.0 Å². The van der Waals surface area contributed by atoms with Gasteiger partial charge in [0.15, 0.2) is 11.6 Å². The molecule has 6 nitrogen and oxygen atoms in total. The molecule has 4 fully saturated rings. The summed E-state index contributed by atoms with van der Waals surface area (Å²) in [4.78, 5) is 8.89. The van der Waals surface area contributed by atoms with Crippen LogP contribution in [0.3, 0.4) is 0 Å². The molecular formula is C22H29N5O. The fourth-order valence-electron chi connectivity index (χ4n) is 6.16. The normalized spacial score (nSPS) is 30.3. The summed E-state index contributed by atoms with van der Waals surface area (Å²) in [6.07, 6.45) is 9.58. The lowest BCUT2D eigenvalue weighted by molar-refractivity contribution is 0.0106. The number of benzene rings is 1. The third kappa shape index (κ3) is 3.05. The Bertz CT molecular complexity index is 861. The van der Waals surface area contributed by atoms with Gasteiger partial charge in [-0.1, -0.05) is 6.07 Å². The molecule has 0 atom stereocenters. The summed E-state index contributed by atoms with van der Waals surface area (Å²) in [7, 11) is 1.67. The first kappa shape index (κ1) is 17.6. The molecule has 6 rings (SSSR count). The molecule has 4 aliphatic rings. The van der Waals surface area contributed by atoms with E-state index >= 15 is 0 Å². The zero-order valence-corrected chi connectivity index (χ0v) is 16.7. The molecule has 6 heteroatoms. The second kappa shape index (κ2) is 6.54. The van der Waals surface area contributed by atoms with Crippen molar-refractivity contribution in [3.8, 4) is 5.75 Å². The van der Waals surface area contributed by atoms with E-state index in [4.69, 9.17) is 10.5 Å². The van der Waals surface area contributed by atoms with Gasteiger partial charge < -0.3 is 21.1 Å². The molecule has 0 amide bonds. The van der Waals surface area contributed by atoms with Crippen LogP contribution in [0, 0.1) is 24.7 Å². The average Bonchev–Trinajstić information content (AvgIpc) is 2.64. The van der Waals surface area contributed by atoms with Gasteiger partial charge in [-0.15, -0.1) is 0 Å². The molecule has 28 heavy (non-hydrogen) atoms. The molecule has 4 saturated carbocycles. The summed E-state index contributed by atoms with van der Waals surface area (Å²) in [5, 5.41) is 7.11. The van der Waals surface area contributed by atoms with Gasteiger partial charge in [-0.2, -0.15) is 0 Å². The molecule has 148 valence electrons. The van der Waals surface area contributed by atoms with Crippen molar-refractivity contribution in [3.63, 3.8) is 0 Å². The maximum atomic E-state index is 6.50. The van der Waals surface area contributed by atoms with Gasteiger partial charge in [0.25, 0.3) is 0 Å². The van der Waals surface area contributed by atoms with Gasteiger partial charge in [-0.3, -0.25) is 0 Å². The molecule has 0 spiro atoms. The van der Waals surface area contributed by atoms with E-state index in [9.17, 15) is 0 Å². The Morgan fingerprint density at radius 3 is 2.32 bits per heavy atom. The van der Waals surface area contributed by atoms with Crippen LogP contribution >= 0.6 is 0 Å². The maximum Gasteiger partial charge on any atom is 0.159 e. The summed E-state index contributed by atoms with van der Waals surface area (Å²) < 4.78 is 5.47. The van der Waals surface area contributed by atoms with Crippen molar-refractivity contribution in [2.24, 2.45) is 17.8 Å². The van der Waals surface area contributed by atoms with Crippen LogP contribution in [0.2, 0.25) is 0 Å². The molecule has 1 aromatic heterocycles. The van der Waals surface area contributed by atoms with E-state index < -0.39 is 0 Å². The Hall–Kier alpha value is -2.50. The summed E-state index contributed by atoms with van der Waals surface area (Å²) in [6, 6.07) is 6.00. The zero-order valence-electron chi connectivity index (χ0n) is 16.7. The Balaban J connectivity index is 1.41. The van der Waals surface area contributed by atoms with Crippen molar-refractivity contribution in [1.82, 2.24) is 9.97 Å². The summed E-state index contributed by atoms with van der Waals surface area (Å²) >= 11 is 0. The van der Waals surface area contributed by atoms with Crippen LogP contribution in [0.15, 0.2) is 24.5 Å². The average molecular weight is 380 g/mol. The predicted octanol–water partition coefficient (Wildman–Crippen LogP) is 4.50. The van der Waals surface area contributed by atoms with Gasteiger partial charge >= 0.3 is 0 Å². The maximum absolute atomic E-state index is 6.50. The standard InChI is InChI=1S/C22H29N5O/c1-13-3-4-18(28-2)17(5-13)26-20-19(23)21(25-12-24-20)27-22-9-14-6-15(10-22)8-16(7-14)11-22/h3-5,12,14-16H,6-11,23H2,1-2H3,(H2,24,25,26,27). The second-order valence-corrected chi connectivity index (χ2v) is 9.14. The molecule has 0 unspecified atom stereocenters. The predicted molar refractivity (Wildman–Crippen MR) is 112 cm³/mol. The number of nitrogen functional groups attached to an aromatic ring is 1. The third-order valence-electron chi connectivity index (χ3n) is 6.91. The number of aromatic nitrogens is 2. The van der Waals surface area contributed by atoms with E-state index in [1.54, 1.807) is 13.4 Å². The van der Waals surface area contributed by atoms with Crippen LogP contribution in [0.25, 0.3) is 0 Å². The monoisotopic (exact) mass is 379 g/mol. The molecular weight excluding hydrogens is 350 g/mol. The smallest absolute Gasteiger partial charge is 0.159 e. The molecule has 1 aromatic carbocycles. The highest BCUT2D eigenvalue weighted by Crippen LogP contribution is 2.56. The van der Waals surface area contributed by atoms with Gasteiger partial charge in [-0.25, -0.2) is 9.97 Å². The van der Waals surface area contributed by atoms with E-state index in [0.29, 0.717) is 11.5 Å². The van der Waals surface area contributed by atoms with Gasteiger partial charge in [-0.05, 0) is 80.9 Å². The number of methoxy groups -OCH3 is 1. The van der Waals surface area contributed by atoms with Crippen molar-refractivity contribution in [3.05, 3.63) is 30.1 Å². The lowest BCUT2D eigenvalue weighted by atomic mass is 9.53. The van der Waals surface area contributed by atoms with E-state index in [1.807, 2.05) is 25.1 Å². The number of hydrogen-bond donors (Lipinski definition) is 3. The highest BCUT2D eigenvalue weighted by atomic mass is 16.5. The van der Waals surface area contributed by atoms with Crippen molar-refractivity contribution < 1.29 is 4.74 Å². The molecule has 2 aromatic rings. The molecule has 1 heterocycles. The molecule has 4 bridgehead atoms. The summed E-state index contributed by atoms with van der Waals surface area (Å²) in [5.41, 5.74) is 9.23. The Labute approximate surface area is 166 Å². The number of nitrogens with two attached hydrogens (primary N) is 1. The Kier molecular flexibility index (Phi) is 4.11. The van der Waals surface area contributed by atoms with E-state index in [-0.39, 0.29) is 5.54 Å². The van der Waals surface area contributed by atoms with Crippen LogP contribution in [-0.2, 0) is 0 Å². The van der Waals surface area contributed by atoms with Gasteiger partial charge in [0, 0.05) is 5.54 Å². The number of rotatable bonds is 5. The molecule has 0 saturated heterocycles. The fraction of sp³-hybridized carbons (Fsp3) is 0.545. The lowest BCUT2D eigenvalue weighted by Gasteiger charge is -2.57. The van der Waals surface area contributed by atoms with Crippen molar-refractivity contribution in [2.75, 3.05) is 23.5 Å². The van der Waals surface area contributed by atoms with Crippen LogP contribution in [0.1, 0.15) is 44.1 Å². The fourth-order valence-corrected chi connectivity index (χ4v) is 6.16. The zero-order chi connectivity index (χ0) is 19.3. The number of anilines is 4. The first-order chi connectivity index (χ1) is 13.5. The Morgan fingerprint density at radius 1 is 1.04 bits per heavy atom. The second-order valence-electron chi connectivity index (χ2n) is 9.14. The summed E-state index contributed by atoms with van der Waals surface area (Å²) in [6.45, 7) is 2.05. The topological polar surface area (TPSA) is 85.1 Å². The van der Waals surface area contributed by atoms with Gasteiger partial charge in [0.05, 0.1) is 12.8 Å². The lowest BCUT2D eigenvalue weighted by Crippen LogP contribution is -2.55. The van der Waals surface area contributed by atoms with Crippen molar-refractivity contribution in [1.29, 1.82) is 0 Å². The minimum atomic E-state index is 0.162. The highest BCUT2D eigenvalue weighted by molar-refractivity contribution is 5.79. The largest absolute Gasteiger partial charge is 0.495 e. The number of nitrogens with one attached hydrogen (secondary N) is 2. The summed E-state index contributed by atoms with van der Waals surface area (Å²) in [5.74, 6) is 4.75. The van der Waals surface area contributed by atoms with Crippen LogP contribution < -0.4 is 21.1 Å². The van der Waals surface area contributed by atoms with E-state index in [1.165, 1.54) is 38.5 Å². The van der Waals surface area contributed by atoms with E-state index in [0.717, 1.165) is 40.6 Å². The van der Waals surface area contributed by atoms with Crippen LogP contribution in [0.5, 0.6) is 5.75 Å². The molecule has 0 radical (unpaired) electrons. The van der Waals surface area contributed by atoms with Crippen molar-refractivity contribution >= 4 is 23.0 Å². The molecule has 0 aliphatic heterocycles. The number of ether oxygens (including phenoxy) is 1. The van der Waals surface area contributed by atoms with E-state index in [2.05, 4.69) is 20.6 Å². The van der Waals surface area contributed by atoms with Crippen LogP contribution in [0.4, 0.5) is 23.0 Å². The highest BCUT2D eigenvalue weighted by Gasteiger charge is 2.51. The van der Waals surface area contributed by atoms with Crippen LogP contribution in [-0.4, -0.2) is 22.6 Å². The minimum absolute atomic E-state index is 0.162. The number of hydrogen-bond acceptors (Lipinski definition) is 6. The molecule has 4 N–H and O–H groups in total. The van der Waals surface area contributed by atoms with Gasteiger partial charge in [0.2, 0.25) is 0 Å². The Morgan fingerprint density at radius 2 is 1.68 bits per heavy atom.